The first kappa shape index (κ1) is 12.1. The van der Waals surface area contributed by atoms with Gasteiger partial charge in [-0.15, -0.1) is 0 Å². The molecule has 0 saturated carbocycles. The van der Waals surface area contributed by atoms with Crippen LogP contribution in [0.1, 0.15) is 20.3 Å². The highest BCUT2D eigenvalue weighted by molar-refractivity contribution is 6.41. The highest BCUT2D eigenvalue weighted by Gasteiger charge is 2.24. The molecule has 0 aliphatic heterocycles. The minimum absolute atomic E-state index is 0.172. The first-order valence-corrected chi connectivity index (χ1v) is 5.32. The summed E-state index contributed by atoms with van der Waals surface area (Å²) in [6, 6.07) is 9.33. The predicted molar refractivity (Wildman–Crippen MR) is 63.4 cm³/mol. The first-order valence-electron chi connectivity index (χ1n) is 5.32. The smallest absolute Gasteiger partial charge is 0.356 e. The highest BCUT2D eigenvalue weighted by Crippen LogP contribution is 2.13. The molecule has 1 rings (SSSR count). The molecule has 0 unspecified atom stereocenters. The zero-order valence-corrected chi connectivity index (χ0v) is 9.55. The molecule has 0 saturated heterocycles. The zero-order chi connectivity index (χ0) is 12.0. The molecule has 4 heteroatoms. The van der Waals surface area contributed by atoms with Gasteiger partial charge in [-0.1, -0.05) is 25.1 Å². The van der Waals surface area contributed by atoms with Gasteiger partial charge in [0.2, 0.25) is 0 Å². The lowest BCUT2D eigenvalue weighted by Crippen LogP contribution is -2.36. The molecular formula is C12H15N3O. The van der Waals surface area contributed by atoms with E-state index in [1.54, 1.807) is 11.8 Å². The number of hydrogen-bond acceptors (Lipinski definition) is 1. The number of anilines is 1. The molecule has 0 bridgehead atoms. The fourth-order valence-electron chi connectivity index (χ4n) is 1.47. The Morgan fingerprint density at radius 2 is 1.94 bits per heavy atom. The van der Waals surface area contributed by atoms with Gasteiger partial charge in [-0.05, 0) is 19.1 Å². The molecule has 16 heavy (non-hydrogen) atoms. The predicted octanol–water partition coefficient (Wildman–Crippen LogP) is 2.12. The summed E-state index contributed by atoms with van der Waals surface area (Å²) < 4.78 is 0. The second-order valence-electron chi connectivity index (χ2n) is 3.29. The maximum absolute atomic E-state index is 12.0. The third kappa shape index (κ3) is 2.55. The molecule has 1 aromatic carbocycles. The maximum atomic E-state index is 12.0. The number of benzene rings is 1. The van der Waals surface area contributed by atoms with Crippen molar-refractivity contribution in [2.24, 2.45) is 0 Å². The Balaban J connectivity index is 3.00. The van der Waals surface area contributed by atoms with Crippen LogP contribution in [0.15, 0.2) is 30.3 Å². The summed E-state index contributed by atoms with van der Waals surface area (Å²) in [6.07, 6.45) is 0.415. The molecule has 0 N–H and O–H groups in total. The average Bonchev–Trinajstić information content (AvgIpc) is 2.33. The molecule has 0 atom stereocenters. The Kier molecular flexibility index (Phi) is 4.42. The molecule has 0 aromatic heterocycles. The van der Waals surface area contributed by atoms with Crippen molar-refractivity contribution in [3.63, 3.8) is 0 Å². The normalized spacial score (nSPS) is 9.38. The quantitative estimate of drug-likeness (QED) is 0.433. The Morgan fingerprint density at radius 3 is 2.38 bits per heavy atom. The number of rotatable bonds is 4. The molecule has 4 nitrogen and oxygen atoms in total. The second-order valence-corrected chi connectivity index (χ2v) is 3.29. The van der Waals surface area contributed by atoms with E-state index in [0.717, 1.165) is 5.69 Å². The van der Waals surface area contributed by atoms with Crippen molar-refractivity contribution in [1.82, 2.24) is 0 Å². The van der Waals surface area contributed by atoms with Crippen LogP contribution in [0.4, 0.5) is 5.69 Å². The average molecular weight is 217 g/mol. The van der Waals surface area contributed by atoms with Gasteiger partial charge in [-0.2, -0.15) is 4.79 Å². The molecular weight excluding hydrogens is 202 g/mol. The molecule has 1 amide bonds. The largest absolute Gasteiger partial charge is 0.361 e. The summed E-state index contributed by atoms with van der Waals surface area (Å²) in [5.74, 6) is -0.251. The van der Waals surface area contributed by atoms with Crippen LogP contribution in [0.2, 0.25) is 0 Å². The van der Waals surface area contributed by atoms with Gasteiger partial charge < -0.3 is 10.4 Å². The van der Waals surface area contributed by atoms with Gasteiger partial charge in [0.25, 0.3) is 0 Å². The van der Waals surface area contributed by atoms with E-state index in [2.05, 4.69) is 4.79 Å². The van der Waals surface area contributed by atoms with Crippen LogP contribution in [-0.2, 0) is 4.79 Å². The summed E-state index contributed by atoms with van der Waals surface area (Å²) in [4.78, 5) is 16.6. The maximum Gasteiger partial charge on any atom is 0.356 e. The third-order valence-electron chi connectivity index (χ3n) is 2.33. The lowest BCUT2D eigenvalue weighted by Gasteiger charge is -2.18. The van der Waals surface area contributed by atoms with Crippen LogP contribution < -0.4 is 4.90 Å². The van der Waals surface area contributed by atoms with Crippen LogP contribution in [0.5, 0.6) is 0 Å². The van der Waals surface area contributed by atoms with Crippen molar-refractivity contribution in [3.8, 4) is 0 Å². The SMILES string of the molecule is CCC(=[N+]=[N-])C(=O)N(CC)c1ccccc1. The van der Waals surface area contributed by atoms with Crippen LogP contribution in [-0.4, -0.2) is 23.0 Å². The number of carbonyl (C=O) groups excluding carboxylic acids is 1. The Hall–Kier alpha value is -1.93. The van der Waals surface area contributed by atoms with Crippen molar-refractivity contribution in [1.29, 1.82) is 0 Å². The fraction of sp³-hybridized carbons (Fsp3) is 0.333. The lowest BCUT2D eigenvalue weighted by molar-refractivity contribution is -0.117. The lowest BCUT2D eigenvalue weighted by atomic mass is 10.2. The fourth-order valence-corrected chi connectivity index (χ4v) is 1.47. The van der Waals surface area contributed by atoms with Gasteiger partial charge in [0.1, 0.15) is 0 Å². The first-order chi connectivity index (χ1) is 7.74. The van der Waals surface area contributed by atoms with E-state index in [1.165, 1.54) is 0 Å². The Labute approximate surface area is 95.1 Å². The van der Waals surface area contributed by atoms with E-state index in [4.69, 9.17) is 5.53 Å². The van der Waals surface area contributed by atoms with Crippen LogP contribution in [0, 0.1) is 0 Å². The molecule has 0 aliphatic carbocycles. The minimum atomic E-state index is -0.251. The van der Waals surface area contributed by atoms with Crippen molar-refractivity contribution >= 4 is 17.3 Å². The van der Waals surface area contributed by atoms with Crippen LogP contribution in [0.3, 0.4) is 0 Å². The van der Waals surface area contributed by atoms with Gasteiger partial charge in [0, 0.05) is 12.2 Å². The van der Waals surface area contributed by atoms with E-state index in [1.807, 2.05) is 37.3 Å². The summed E-state index contributed by atoms with van der Waals surface area (Å²) in [5, 5.41) is 0. The van der Waals surface area contributed by atoms with Gasteiger partial charge in [0.15, 0.2) is 0 Å². The van der Waals surface area contributed by atoms with Crippen molar-refractivity contribution < 1.29 is 9.58 Å². The Bertz CT molecular complexity index is 408. The Morgan fingerprint density at radius 1 is 1.31 bits per heavy atom. The van der Waals surface area contributed by atoms with Gasteiger partial charge >= 0.3 is 11.6 Å². The topological polar surface area (TPSA) is 56.7 Å². The number of hydrogen-bond donors (Lipinski definition) is 0. The van der Waals surface area contributed by atoms with Crippen molar-refractivity contribution in [3.05, 3.63) is 35.9 Å². The number of nitrogens with zero attached hydrogens (tertiary/aromatic N) is 3. The summed E-state index contributed by atoms with van der Waals surface area (Å²) in [7, 11) is 0. The van der Waals surface area contributed by atoms with Gasteiger partial charge in [0.05, 0.1) is 6.42 Å². The summed E-state index contributed by atoms with van der Waals surface area (Å²) >= 11 is 0. The zero-order valence-electron chi connectivity index (χ0n) is 9.55. The summed E-state index contributed by atoms with van der Waals surface area (Å²) in [5.41, 5.74) is 9.71. The van der Waals surface area contributed by atoms with Crippen LogP contribution >= 0.6 is 0 Å². The van der Waals surface area contributed by atoms with Crippen molar-refractivity contribution in [2.45, 2.75) is 20.3 Å². The molecule has 1 aromatic rings. The van der Waals surface area contributed by atoms with E-state index in [9.17, 15) is 4.79 Å². The van der Waals surface area contributed by atoms with Gasteiger partial charge in [-0.25, -0.2) is 0 Å². The monoisotopic (exact) mass is 217 g/mol. The standard InChI is InChI=1S/C12H15N3O/c1-3-11(14-13)12(16)15(4-2)10-8-6-5-7-9-10/h5-9H,3-4H2,1-2H3. The molecule has 0 fully saturated rings. The number of para-hydroxylation sites is 1. The van der Waals surface area contributed by atoms with E-state index in [-0.39, 0.29) is 11.6 Å². The number of amides is 1. The molecule has 0 aliphatic rings. The minimum Gasteiger partial charge on any atom is -0.361 e. The molecule has 0 heterocycles. The van der Waals surface area contributed by atoms with Crippen molar-refractivity contribution in [2.75, 3.05) is 11.4 Å². The van der Waals surface area contributed by atoms with E-state index in [0.29, 0.717) is 13.0 Å². The summed E-state index contributed by atoms with van der Waals surface area (Å²) in [6.45, 7) is 4.21. The van der Waals surface area contributed by atoms with E-state index >= 15 is 0 Å². The third-order valence-corrected chi connectivity index (χ3v) is 2.33. The molecule has 0 spiro atoms. The second kappa shape index (κ2) is 5.83. The molecule has 84 valence electrons. The van der Waals surface area contributed by atoms with E-state index < -0.39 is 0 Å². The van der Waals surface area contributed by atoms with Gasteiger partial charge in [-0.3, -0.25) is 4.79 Å². The van der Waals surface area contributed by atoms with Crippen LogP contribution in [0.25, 0.3) is 5.53 Å². The number of carbonyl (C=O) groups is 1. The highest BCUT2D eigenvalue weighted by atomic mass is 16.2. The molecule has 0 radical (unpaired) electrons.